The van der Waals surface area contributed by atoms with E-state index in [1.54, 1.807) is 46.4 Å². The van der Waals surface area contributed by atoms with E-state index < -0.39 is 6.61 Å². The van der Waals surface area contributed by atoms with Crippen LogP contribution in [0.4, 0.5) is 8.78 Å². The first-order valence-electron chi connectivity index (χ1n) is 9.24. The highest BCUT2D eigenvalue weighted by atomic mass is 19.3. The molecule has 1 amide bonds. The number of nitrogens with zero attached hydrogens (tertiary/aromatic N) is 1. The average Bonchev–Trinajstić information content (AvgIpc) is 2.73. The zero-order valence-electron chi connectivity index (χ0n) is 17.4. The Balaban J connectivity index is 2.12. The molecule has 2 rings (SSSR count). The number of halogens is 2. The fourth-order valence-corrected chi connectivity index (χ4v) is 2.80. The summed E-state index contributed by atoms with van der Waals surface area (Å²) in [4.78, 5) is 14.0. The van der Waals surface area contributed by atoms with Gasteiger partial charge in [-0.25, -0.2) is 0 Å². The molecular formula is C22H25F2NO5. The van der Waals surface area contributed by atoms with Gasteiger partial charge in [0.25, 0.3) is 0 Å². The fraction of sp³-hybridized carbons (Fsp3) is 0.318. The molecule has 162 valence electrons. The van der Waals surface area contributed by atoms with E-state index in [4.69, 9.17) is 14.2 Å². The van der Waals surface area contributed by atoms with Gasteiger partial charge in [-0.3, -0.25) is 4.79 Å². The van der Waals surface area contributed by atoms with Crippen LogP contribution in [0, 0.1) is 0 Å². The molecule has 0 radical (unpaired) electrons. The minimum atomic E-state index is -2.95. The summed E-state index contributed by atoms with van der Waals surface area (Å²) in [6, 6.07) is 9.94. The second-order valence-electron chi connectivity index (χ2n) is 6.20. The Labute approximate surface area is 174 Å². The van der Waals surface area contributed by atoms with Gasteiger partial charge in [0, 0.05) is 25.2 Å². The SMILES string of the molecule is CCOc1cc(C=CC(=O)N(C)Cc2cccc(OC)c2OC)ccc1OC(F)F. The van der Waals surface area contributed by atoms with Crippen molar-refractivity contribution in [3.63, 3.8) is 0 Å². The van der Waals surface area contributed by atoms with Crippen LogP contribution in [-0.2, 0) is 11.3 Å². The molecule has 0 saturated carbocycles. The highest BCUT2D eigenvalue weighted by Crippen LogP contribution is 2.32. The van der Waals surface area contributed by atoms with Crippen LogP contribution in [0.15, 0.2) is 42.5 Å². The number of carbonyl (C=O) groups is 1. The van der Waals surface area contributed by atoms with Crippen molar-refractivity contribution in [2.24, 2.45) is 0 Å². The number of para-hydroxylation sites is 1. The largest absolute Gasteiger partial charge is 0.493 e. The standard InChI is InChI=1S/C22H25F2NO5/c1-5-29-19-13-15(9-11-17(19)30-22(23)24)10-12-20(26)25(2)14-16-7-6-8-18(27-3)21(16)28-4/h6-13,22H,5,14H2,1-4H3. The third-order valence-corrected chi connectivity index (χ3v) is 4.17. The number of likely N-dealkylation sites (N-methyl/N-ethyl adjacent to an activating group) is 1. The fourth-order valence-electron chi connectivity index (χ4n) is 2.80. The molecule has 0 unspecified atom stereocenters. The van der Waals surface area contributed by atoms with Gasteiger partial charge in [0.05, 0.1) is 20.8 Å². The zero-order chi connectivity index (χ0) is 22.1. The Morgan fingerprint density at radius 3 is 2.50 bits per heavy atom. The van der Waals surface area contributed by atoms with Crippen molar-refractivity contribution in [1.82, 2.24) is 4.90 Å². The number of amides is 1. The van der Waals surface area contributed by atoms with Gasteiger partial charge in [0.15, 0.2) is 23.0 Å². The number of hydrogen-bond donors (Lipinski definition) is 0. The number of alkyl halides is 2. The minimum absolute atomic E-state index is 0.0578. The molecule has 2 aromatic carbocycles. The number of hydrogen-bond acceptors (Lipinski definition) is 5. The monoisotopic (exact) mass is 421 g/mol. The predicted octanol–water partition coefficient (Wildman–Crippen LogP) is 4.38. The summed E-state index contributed by atoms with van der Waals surface area (Å²) in [7, 11) is 4.75. The maximum Gasteiger partial charge on any atom is 0.387 e. The van der Waals surface area contributed by atoms with Gasteiger partial charge in [-0.05, 0) is 36.8 Å². The van der Waals surface area contributed by atoms with Gasteiger partial charge in [0.1, 0.15) is 0 Å². The predicted molar refractivity (Wildman–Crippen MR) is 109 cm³/mol. The van der Waals surface area contributed by atoms with Crippen LogP contribution >= 0.6 is 0 Å². The van der Waals surface area contributed by atoms with E-state index in [0.717, 1.165) is 5.56 Å². The number of rotatable bonds is 10. The smallest absolute Gasteiger partial charge is 0.387 e. The summed E-state index contributed by atoms with van der Waals surface area (Å²) in [5.41, 5.74) is 1.41. The van der Waals surface area contributed by atoms with Crippen molar-refractivity contribution in [2.75, 3.05) is 27.9 Å². The van der Waals surface area contributed by atoms with Gasteiger partial charge < -0.3 is 23.8 Å². The van der Waals surface area contributed by atoms with Crippen molar-refractivity contribution in [3.8, 4) is 23.0 Å². The summed E-state index contributed by atoms with van der Waals surface area (Å²) in [5.74, 6) is 1.03. The van der Waals surface area contributed by atoms with E-state index in [-0.39, 0.29) is 24.0 Å². The number of benzene rings is 2. The van der Waals surface area contributed by atoms with E-state index in [2.05, 4.69) is 4.74 Å². The molecule has 0 aliphatic heterocycles. The molecule has 0 N–H and O–H groups in total. The number of carbonyl (C=O) groups excluding carboxylic acids is 1. The lowest BCUT2D eigenvalue weighted by Gasteiger charge is -2.18. The first-order chi connectivity index (χ1) is 14.4. The average molecular weight is 421 g/mol. The van der Waals surface area contributed by atoms with E-state index in [1.807, 2.05) is 12.1 Å². The van der Waals surface area contributed by atoms with Crippen molar-refractivity contribution in [1.29, 1.82) is 0 Å². The molecule has 0 aliphatic carbocycles. The maximum atomic E-state index is 12.5. The molecule has 0 spiro atoms. The quantitative estimate of drug-likeness (QED) is 0.533. The van der Waals surface area contributed by atoms with Crippen molar-refractivity contribution < 1.29 is 32.5 Å². The molecule has 0 saturated heterocycles. The van der Waals surface area contributed by atoms with Gasteiger partial charge in [0.2, 0.25) is 5.91 Å². The van der Waals surface area contributed by atoms with Crippen LogP contribution < -0.4 is 18.9 Å². The molecule has 0 aromatic heterocycles. The lowest BCUT2D eigenvalue weighted by molar-refractivity contribution is -0.125. The molecule has 30 heavy (non-hydrogen) atoms. The lowest BCUT2D eigenvalue weighted by atomic mass is 10.1. The molecule has 6 nitrogen and oxygen atoms in total. The Hall–Kier alpha value is -3.29. The lowest BCUT2D eigenvalue weighted by Crippen LogP contribution is -2.24. The summed E-state index contributed by atoms with van der Waals surface area (Å²) in [6.45, 7) is -0.611. The third kappa shape index (κ3) is 6.10. The first kappa shape index (κ1) is 23.0. The van der Waals surface area contributed by atoms with Crippen LogP contribution in [0.3, 0.4) is 0 Å². The van der Waals surface area contributed by atoms with Crippen LogP contribution in [0.1, 0.15) is 18.1 Å². The van der Waals surface area contributed by atoms with E-state index >= 15 is 0 Å². The maximum absolute atomic E-state index is 12.5. The van der Waals surface area contributed by atoms with E-state index in [0.29, 0.717) is 23.6 Å². The molecule has 0 fully saturated rings. The van der Waals surface area contributed by atoms with E-state index in [9.17, 15) is 13.6 Å². The molecule has 0 aliphatic rings. The van der Waals surface area contributed by atoms with Gasteiger partial charge in [-0.15, -0.1) is 0 Å². The molecule has 0 heterocycles. The molecule has 2 aromatic rings. The number of ether oxygens (including phenoxy) is 4. The van der Waals surface area contributed by atoms with Crippen molar-refractivity contribution in [3.05, 3.63) is 53.6 Å². The summed E-state index contributed by atoms with van der Waals surface area (Å²) >= 11 is 0. The van der Waals surface area contributed by atoms with Crippen LogP contribution in [0.5, 0.6) is 23.0 Å². The summed E-state index contributed by atoms with van der Waals surface area (Å²) in [5, 5.41) is 0. The van der Waals surface area contributed by atoms with Crippen molar-refractivity contribution in [2.45, 2.75) is 20.1 Å². The Bertz CT molecular complexity index is 886. The zero-order valence-corrected chi connectivity index (χ0v) is 17.4. The van der Waals surface area contributed by atoms with E-state index in [1.165, 1.54) is 23.1 Å². The van der Waals surface area contributed by atoms with Gasteiger partial charge in [-0.2, -0.15) is 8.78 Å². The van der Waals surface area contributed by atoms with Gasteiger partial charge in [-0.1, -0.05) is 18.2 Å². The summed E-state index contributed by atoms with van der Waals surface area (Å²) in [6.07, 6.45) is 2.97. The minimum Gasteiger partial charge on any atom is -0.493 e. The molecular weight excluding hydrogens is 396 g/mol. The first-order valence-corrected chi connectivity index (χ1v) is 9.24. The summed E-state index contributed by atoms with van der Waals surface area (Å²) < 4.78 is 45.5. The highest BCUT2D eigenvalue weighted by molar-refractivity contribution is 5.91. The molecule has 0 atom stereocenters. The second-order valence-corrected chi connectivity index (χ2v) is 6.20. The second kappa shape index (κ2) is 11.0. The topological polar surface area (TPSA) is 57.2 Å². The molecule has 0 bridgehead atoms. The van der Waals surface area contributed by atoms with Crippen LogP contribution in [0.2, 0.25) is 0 Å². The van der Waals surface area contributed by atoms with Crippen molar-refractivity contribution >= 4 is 12.0 Å². The molecule has 8 heteroatoms. The highest BCUT2D eigenvalue weighted by Gasteiger charge is 2.14. The Morgan fingerprint density at radius 1 is 1.10 bits per heavy atom. The normalized spacial score (nSPS) is 10.9. The number of methoxy groups -OCH3 is 2. The Kier molecular flexibility index (Phi) is 8.46. The van der Waals surface area contributed by atoms with Crippen LogP contribution in [0.25, 0.3) is 6.08 Å². The Morgan fingerprint density at radius 2 is 1.87 bits per heavy atom. The van der Waals surface area contributed by atoms with Gasteiger partial charge >= 0.3 is 6.61 Å². The van der Waals surface area contributed by atoms with Crippen LogP contribution in [-0.4, -0.2) is 45.3 Å². The third-order valence-electron chi connectivity index (χ3n) is 4.17.